The van der Waals surface area contributed by atoms with Gasteiger partial charge in [0.1, 0.15) is 12.2 Å². The summed E-state index contributed by atoms with van der Waals surface area (Å²) >= 11 is 0. The molecular formula is C51H103NO5. The highest BCUT2D eigenvalue weighted by molar-refractivity contribution is 5.80. The molecule has 0 rings (SSSR count). The van der Waals surface area contributed by atoms with Crippen molar-refractivity contribution < 1.29 is 25.2 Å². The highest BCUT2D eigenvalue weighted by Crippen LogP contribution is 2.18. The number of hydrogen-bond acceptors (Lipinski definition) is 5. The Hall–Kier alpha value is -0.690. The molecule has 0 aliphatic carbocycles. The summed E-state index contributed by atoms with van der Waals surface area (Å²) in [6.07, 6.45) is 51.7. The molecule has 0 aromatic rings. The maximum atomic E-state index is 12.5. The maximum absolute atomic E-state index is 12.5. The summed E-state index contributed by atoms with van der Waals surface area (Å²) in [7, 11) is 0. The van der Waals surface area contributed by atoms with Gasteiger partial charge in [-0.3, -0.25) is 4.79 Å². The van der Waals surface area contributed by atoms with Gasteiger partial charge in [-0.15, -0.1) is 0 Å². The zero-order valence-corrected chi connectivity index (χ0v) is 38.6. The van der Waals surface area contributed by atoms with Crippen LogP contribution in [0.1, 0.15) is 290 Å². The third-order valence-corrected chi connectivity index (χ3v) is 12.6. The fourth-order valence-electron chi connectivity index (χ4n) is 8.47. The van der Waals surface area contributed by atoms with E-state index in [1.165, 1.54) is 225 Å². The lowest BCUT2D eigenvalue weighted by Crippen LogP contribution is -2.53. The minimum absolute atomic E-state index is 0.376. The summed E-state index contributed by atoms with van der Waals surface area (Å²) in [4.78, 5) is 12.5. The van der Waals surface area contributed by atoms with E-state index in [1.807, 2.05) is 0 Å². The number of aliphatic hydroxyl groups excluding tert-OH is 4. The molecule has 6 nitrogen and oxygen atoms in total. The molecule has 342 valence electrons. The van der Waals surface area contributed by atoms with E-state index in [1.54, 1.807) is 0 Å². The normalized spacial score (nSPS) is 13.9. The van der Waals surface area contributed by atoms with Gasteiger partial charge in [0.05, 0.1) is 18.8 Å². The van der Waals surface area contributed by atoms with Gasteiger partial charge in [-0.25, -0.2) is 0 Å². The van der Waals surface area contributed by atoms with Crippen molar-refractivity contribution in [1.82, 2.24) is 5.32 Å². The summed E-state index contributed by atoms with van der Waals surface area (Å²) < 4.78 is 0. The van der Waals surface area contributed by atoms with Crippen LogP contribution in [0.25, 0.3) is 0 Å². The van der Waals surface area contributed by atoms with Crippen molar-refractivity contribution in [2.24, 2.45) is 0 Å². The van der Waals surface area contributed by atoms with Gasteiger partial charge in [0, 0.05) is 0 Å². The average Bonchev–Trinajstić information content (AvgIpc) is 3.22. The molecule has 0 radical (unpaired) electrons. The van der Waals surface area contributed by atoms with Crippen molar-refractivity contribution in [2.75, 3.05) is 6.61 Å². The van der Waals surface area contributed by atoms with Crippen LogP contribution in [-0.2, 0) is 4.79 Å². The molecule has 0 aliphatic heterocycles. The molecule has 6 heteroatoms. The minimum atomic E-state index is -1.25. The first kappa shape index (κ1) is 56.3. The first-order valence-electron chi connectivity index (χ1n) is 25.9. The number of nitrogens with one attached hydrogen (secondary N) is 1. The molecule has 0 heterocycles. The first-order valence-corrected chi connectivity index (χ1v) is 25.9. The van der Waals surface area contributed by atoms with Gasteiger partial charge < -0.3 is 25.7 Å². The van der Waals surface area contributed by atoms with Gasteiger partial charge in [-0.1, -0.05) is 277 Å². The van der Waals surface area contributed by atoms with Crippen molar-refractivity contribution in [1.29, 1.82) is 0 Å². The van der Waals surface area contributed by atoms with Crippen LogP contribution in [0.5, 0.6) is 0 Å². The van der Waals surface area contributed by atoms with Crippen molar-refractivity contribution in [3.8, 4) is 0 Å². The molecule has 0 aromatic carbocycles. The van der Waals surface area contributed by atoms with E-state index in [4.69, 9.17) is 0 Å². The Kier molecular flexibility index (Phi) is 45.8. The third-order valence-electron chi connectivity index (χ3n) is 12.6. The highest BCUT2D eigenvalue weighted by atomic mass is 16.3. The number of hydrogen-bond donors (Lipinski definition) is 5. The SMILES string of the molecule is CCCCCCCCCCCCCCCCCCCCCCCCCCCCCCCC(O)C(=O)N[C@@H](CO)[C@H](O)[C@H](O)CCCCCCCCCCCCCC. The molecule has 5 N–H and O–H groups in total. The topological polar surface area (TPSA) is 110 Å². The molecule has 0 bridgehead atoms. The molecule has 1 unspecified atom stereocenters. The van der Waals surface area contributed by atoms with Crippen molar-refractivity contribution in [3.05, 3.63) is 0 Å². The van der Waals surface area contributed by atoms with E-state index in [2.05, 4.69) is 19.2 Å². The Labute approximate surface area is 356 Å². The zero-order valence-electron chi connectivity index (χ0n) is 38.6. The lowest BCUT2D eigenvalue weighted by atomic mass is 9.99. The second kappa shape index (κ2) is 46.4. The quantitative estimate of drug-likeness (QED) is 0.0393. The third kappa shape index (κ3) is 40.5. The monoisotopic (exact) mass is 810 g/mol. The maximum Gasteiger partial charge on any atom is 0.249 e. The molecule has 0 spiro atoms. The molecule has 4 atom stereocenters. The van der Waals surface area contributed by atoms with Crippen molar-refractivity contribution in [3.63, 3.8) is 0 Å². The first-order chi connectivity index (χ1) is 28.0. The standard InChI is InChI=1S/C51H103NO5/c1-3-5-7-9-11-13-15-17-18-19-20-21-22-23-24-25-26-27-28-29-30-31-32-33-35-37-39-41-43-45-49(55)51(57)52-47(46-53)50(56)48(54)44-42-40-38-36-34-16-14-12-10-8-6-4-2/h47-50,53-56H,3-46H2,1-2H3,(H,52,57)/t47-,48+,49?,50-/m0/s1. The number of rotatable bonds is 48. The van der Waals surface area contributed by atoms with Crippen LogP contribution in [-0.4, -0.2) is 57.3 Å². The summed E-state index contributed by atoms with van der Waals surface area (Å²) in [5.41, 5.74) is 0. The molecular weight excluding hydrogens is 707 g/mol. The summed E-state index contributed by atoms with van der Waals surface area (Å²) in [5, 5.41) is 43.8. The van der Waals surface area contributed by atoms with Crippen LogP contribution in [0.2, 0.25) is 0 Å². The Morgan fingerprint density at radius 1 is 0.368 bits per heavy atom. The van der Waals surface area contributed by atoms with Crippen LogP contribution in [0.15, 0.2) is 0 Å². The van der Waals surface area contributed by atoms with Crippen LogP contribution < -0.4 is 5.32 Å². The molecule has 0 aromatic heterocycles. The minimum Gasteiger partial charge on any atom is -0.394 e. The van der Waals surface area contributed by atoms with Crippen LogP contribution in [0.4, 0.5) is 0 Å². The van der Waals surface area contributed by atoms with E-state index in [0.717, 1.165) is 38.5 Å². The van der Waals surface area contributed by atoms with Gasteiger partial charge in [-0.2, -0.15) is 0 Å². The predicted octanol–water partition coefficient (Wildman–Crippen LogP) is 14.4. The summed E-state index contributed by atoms with van der Waals surface area (Å²) in [6, 6.07) is -0.979. The highest BCUT2D eigenvalue weighted by Gasteiger charge is 2.28. The van der Waals surface area contributed by atoms with Gasteiger partial charge in [-0.05, 0) is 12.8 Å². The Morgan fingerprint density at radius 3 is 0.842 bits per heavy atom. The van der Waals surface area contributed by atoms with Crippen LogP contribution >= 0.6 is 0 Å². The van der Waals surface area contributed by atoms with E-state index in [0.29, 0.717) is 12.8 Å². The van der Waals surface area contributed by atoms with Crippen LogP contribution in [0.3, 0.4) is 0 Å². The number of amides is 1. The van der Waals surface area contributed by atoms with Crippen LogP contribution in [0, 0.1) is 0 Å². The van der Waals surface area contributed by atoms with Crippen molar-refractivity contribution in [2.45, 2.75) is 314 Å². The lowest BCUT2D eigenvalue weighted by Gasteiger charge is -2.27. The Bertz CT molecular complexity index is 781. The Morgan fingerprint density at radius 2 is 0.596 bits per heavy atom. The lowest BCUT2D eigenvalue weighted by molar-refractivity contribution is -0.132. The van der Waals surface area contributed by atoms with E-state index in [-0.39, 0.29) is 0 Å². The number of carbonyl (C=O) groups is 1. The molecule has 57 heavy (non-hydrogen) atoms. The summed E-state index contributed by atoms with van der Waals surface area (Å²) in [5.74, 6) is -0.578. The second-order valence-electron chi connectivity index (χ2n) is 18.2. The predicted molar refractivity (Wildman–Crippen MR) is 247 cm³/mol. The largest absolute Gasteiger partial charge is 0.394 e. The van der Waals surface area contributed by atoms with Crippen molar-refractivity contribution >= 4 is 5.91 Å². The molecule has 0 aliphatic rings. The Balaban J connectivity index is 3.54. The molecule has 0 fully saturated rings. The second-order valence-corrected chi connectivity index (χ2v) is 18.2. The zero-order chi connectivity index (χ0) is 41.7. The van der Waals surface area contributed by atoms with Gasteiger partial charge in [0.2, 0.25) is 5.91 Å². The number of carbonyl (C=O) groups excluding carboxylic acids is 1. The summed E-state index contributed by atoms with van der Waals surface area (Å²) in [6.45, 7) is 4.07. The van der Waals surface area contributed by atoms with Gasteiger partial charge in [0.25, 0.3) is 0 Å². The number of aliphatic hydroxyl groups is 4. The average molecular weight is 810 g/mol. The molecule has 1 amide bonds. The fourth-order valence-corrected chi connectivity index (χ4v) is 8.47. The fraction of sp³-hybridized carbons (Fsp3) is 0.980. The van der Waals surface area contributed by atoms with E-state index >= 15 is 0 Å². The van der Waals surface area contributed by atoms with E-state index in [9.17, 15) is 25.2 Å². The van der Waals surface area contributed by atoms with Gasteiger partial charge >= 0.3 is 0 Å². The molecule has 0 saturated heterocycles. The molecule has 0 saturated carbocycles. The number of unbranched alkanes of at least 4 members (excludes halogenated alkanes) is 39. The van der Waals surface area contributed by atoms with E-state index < -0.39 is 36.9 Å². The van der Waals surface area contributed by atoms with Gasteiger partial charge in [0.15, 0.2) is 0 Å². The smallest absolute Gasteiger partial charge is 0.249 e.